The molecule has 0 fully saturated rings. The molecule has 0 radical (unpaired) electrons. The number of para-hydroxylation sites is 2. The number of ether oxygens (including phenoxy) is 1. The zero-order valence-electron chi connectivity index (χ0n) is 17.7. The summed E-state index contributed by atoms with van der Waals surface area (Å²) >= 11 is 1.25. The average Bonchev–Trinajstić information content (AvgIpc) is 2.84. The molecule has 1 heterocycles. The Morgan fingerprint density at radius 2 is 1.72 bits per heavy atom. The molecule has 1 aromatic heterocycles. The Morgan fingerprint density at radius 3 is 2.53 bits per heavy atom. The van der Waals surface area contributed by atoms with Gasteiger partial charge in [0.05, 0.1) is 30.3 Å². The van der Waals surface area contributed by atoms with Gasteiger partial charge in [0.1, 0.15) is 5.75 Å². The van der Waals surface area contributed by atoms with Gasteiger partial charge in [-0.3, -0.25) is 14.2 Å². The predicted octanol–water partition coefficient (Wildman–Crippen LogP) is 3.86. The summed E-state index contributed by atoms with van der Waals surface area (Å²) in [5, 5.41) is 3.95. The number of hydrogen-bond donors (Lipinski definition) is 1. The van der Waals surface area contributed by atoms with Crippen LogP contribution in [0.25, 0.3) is 10.9 Å². The molecule has 32 heavy (non-hydrogen) atoms. The number of aromatic nitrogens is 2. The SMILES string of the molecule is COc1ccccc1Cn1c(SCC(=O)NCc2ccccc2)nc2ccccc2c1=O. The lowest BCUT2D eigenvalue weighted by Crippen LogP contribution is -2.27. The number of nitrogens with zero attached hydrogens (tertiary/aromatic N) is 2. The molecule has 0 spiro atoms. The lowest BCUT2D eigenvalue weighted by atomic mass is 10.2. The molecule has 7 heteroatoms. The first-order valence-electron chi connectivity index (χ1n) is 10.2. The highest BCUT2D eigenvalue weighted by Crippen LogP contribution is 2.22. The van der Waals surface area contributed by atoms with E-state index < -0.39 is 0 Å². The van der Waals surface area contributed by atoms with E-state index in [1.807, 2.05) is 72.8 Å². The second-order valence-corrected chi connectivity index (χ2v) is 8.11. The van der Waals surface area contributed by atoms with Crippen LogP contribution in [-0.4, -0.2) is 28.3 Å². The molecule has 6 nitrogen and oxygen atoms in total. The molecular weight excluding hydrogens is 422 g/mol. The molecule has 3 aromatic carbocycles. The van der Waals surface area contributed by atoms with Gasteiger partial charge in [-0.1, -0.05) is 72.4 Å². The molecule has 1 N–H and O–H groups in total. The number of methoxy groups -OCH3 is 1. The van der Waals surface area contributed by atoms with Crippen LogP contribution in [0.2, 0.25) is 0 Å². The maximum absolute atomic E-state index is 13.3. The summed E-state index contributed by atoms with van der Waals surface area (Å²) in [6.45, 7) is 0.758. The Morgan fingerprint density at radius 1 is 1.00 bits per heavy atom. The summed E-state index contributed by atoms with van der Waals surface area (Å²) in [5.74, 6) is 0.734. The molecule has 0 saturated heterocycles. The highest BCUT2D eigenvalue weighted by molar-refractivity contribution is 7.99. The molecule has 4 rings (SSSR count). The number of benzene rings is 3. The Kier molecular flexibility index (Phi) is 6.87. The molecule has 4 aromatic rings. The molecule has 0 aliphatic heterocycles. The lowest BCUT2D eigenvalue weighted by molar-refractivity contribution is -0.118. The van der Waals surface area contributed by atoms with Crippen molar-refractivity contribution in [2.75, 3.05) is 12.9 Å². The van der Waals surface area contributed by atoms with Crippen molar-refractivity contribution in [1.82, 2.24) is 14.9 Å². The van der Waals surface area contributed by atoms with Crippen LogP contribution in [0.3, 0.4) is 0 Å². The van der Waals surface area contributed by atoms with Gasteiger partial charge < -0.3 is 10.1 Å². The van der Waals surface area contributed by atoms with Gasteiger partial charge in [-0.15, -0.1) is 0 Å². The molecule has 0 aliphatic carbocycles. The minimum absolute atomic E-state index is 0.120. The normalized spacial score (nSPS) is 10.8. The highest BCUT2D eigenvalue weighted by atomic mass is 32.2. The number of thioether (sulfide) groups is 1. The van der Waals surface area contributed by atoms with Crippen molar-refractivity contribution >= 4 is 28.6 Å². The van der Waals surface area contributed by atoms with Crippen molar-refractivity contribution < 1.29 is 9.53 Å². The summed E-state index contributed by atoms with van der Waals surface area (Å²) in [5.41, 5.74) is 2.36. The predicted molar refractivity (Wildman–Crippen MR) is 127 cm³/mol. The fraction of sp³-hybridized carbons (Fsp3) is 0.160. The van der Waals surface area contributed by atoms with Crippen LogP contribution in [0.5, 0.6) is 5.75 Å². The summed E-state index contributed by atoms with van der Waals surface area (Å²) < 4.78 is 7.06. The van der Waals surface area contributed by atoms with Crippen molar-refractivity contribution in [3.63, 3.8) is 0 Å². The van der Waals surface area contributed by atoms with Crippen LogP contribution < -0.4 is 15.6 Å². The number of carbonyl (C=O) groups excluding carboxylic acids is 1. The first-order chi connectivity index (χ1) is 15.7. The van der Waals surface area contributed by atoms with Crippen molar-refractivity contribution in [2.45, 2.75) is 18.2 Å². The summed E-state index contributed by atoms with van der Waals surface area (Å²) in [7, 11) is 1.60. The number of hydrogen-bond acceptors (Lipinski definition) is 5. The number of carbonyl (C=O) groups is 1. The zero-order valence-corrected chi connectivity index (χ0v) is 18.5. The van der Waals surface area contributed by atoms with Crippen LogP contribution in [0.1, 0.15) is 11.1 Å². The third-order valence-corrected chi connectivity index (χ3v) is 5.99. The van der Waals surface area contributed by atoms with E-state index >= 15 is 0 Å². The quantitative estimate of drug-likeness (QED) is 0.329. The van der Waals surface area contributed by atoms with E-state index in [-0.39, 0.29) is 17.2 Å². The monoisotopic (exact) mass is 445 g/mol. The fourth-order valence-electron chi connectivity index (χ4n) is 3.38. The van der Waals surface area contributed by atoms with Gasteiger partial charge in [0.25, 0.3) is 5.56 Å². The maximum atomic E-state index is 13.3. The largest absolute Gasteiger partial charge is 0.496 e. The Balaban J connectivity index is 1.58. The van der Waals surface area contributed by atoms with Crippen LogP contribution in [0.15, 0.2) is 88.8 Å². The summed E-state index contributed by atoms with van der Waals surface area (Å²) in [4.78, 5) is 30.4. The smallest absolute Gasteiger partial charge is 0.262 e. The molecule has 162 valence electrons. The zero-order chi connectivity index (χ0) is 22.3. The third-order valence-electron chi connectivity index (χ3n) is 5.01. The lowest BCUT2D eigenvalue weighted by Gasteiger charge is -2.15. The van der Waals surface area contributed by atoms with Gasteiger partial charge in [-0.25, -0.2) is 4.98 Å². The van der Waals surface area contributed by atoms with E-state index in [2.05, 4.69) is 10.3 Å². The summed E-state index contributed by atoms with van der Waals surface area (Å²) in [6, 6.07) is 24.5. The van der Waals surface area contributed by atoms with E-state index in [9.17, 15) is 9.59 Å². The molecule has 0 atom stereocenters. The van der Waals surface area contributed by atoms with Gasteiger partial charge in [0, 0.05) is 12.1 Å². The van der Waals surface area contributed by atoms with Gasteiger partial charge in [0.15, 0.2) is 5.16 Å². The molecule has 0 saturated carbocycles. The van der Waals surface area contributed by atoms with E-state index in [1.165, 1.54) is 11.8 Å². The number of amides is 1. The second kappa shape index (κ2) is 10.2. The third kappa shape index (κ3) is 5.00. The van der Waals surface area contributed by atoms with Gasteiger partial charge in [-0.05, 0) is 23.8 Å². The number of rotatable bonds is 8. The molecular formula is C25H23N3O3S. The maximum Gasteiger partial charge on any atom is 0.262 e. The van der Waals surface area contributed by atoms with E-state index in [4.69, 9.17) is 4.74 Å². The van der Waals surface area contributed by atoms with E-state index in [0.717, 1.165) is 11.1 Å². The number of nitrogens with one attached hydrogen (secondary N) is 1. The minimum Gasteiger partial charge on any atom is -0.496 e. The molecule has 0 aliphatic rings. The topological polar surface area (TPSA) is 73.2 Å². The Hall–Kier alpha value is -3.58. The van der Waals surface area contributed by atoms with Crippen LogP contribution in [0.4, 0.5) is 0 Å². The van der Waals surface area contributed by atoms with Crippen LogP contribution in [0, 0.1) is 0 Å². The average molecular weight is 446 g/mol. The van der Waals surface area contributed by atoms with Crippen LogP contribution in [-0.2, 0) is 17.9 Å². The molecule has 0 bridgehead atoms. The molecule has 1 amide bonds. The standard InChI is InChI=1S/C25H23N3O3S/c1-31-22-14-8-5-11-19(22)16-28-24(30)20-12-6-7-13-21(20)27-25(28)32-17-23(29)26-15-18-9-3-2-4-10-18/h2-14H,15-17H2,1H3,(H,26,29). The van der Waals surface area contributed by atoms with Crippen molar-refractivity contribution in [1.29, 1.82) is 0 Å². The van der Waals surface area contributed by atoms with Crippen molar-refractivity contribution in [3.8, 4) is 5.75 Å². The number of fused-ring (bicyclic) bond motifs is 1. The van der Waals surface area contributed by atoms with Crippen molar-refractivity contribution in [3.05, 3.63) is 100 Å². The van der Waals surface area contributed by atoms with E-state index in [0.29, 0.717) is 34.9 Å². The second-order valence-electron chi connectivity index (χ2n) is 7.17. The Bertz CT molecular complexity index is 1290. The van der Waals surface area contributed by atoms with Gasteiger partial charge in [-0.2, -0.15) is 0 Å². The van der Waals surface area contributed by atoms with Gasteiger partial charge in [0.2, 0.25) is 5.91 Å². The fourth-order valence-corrected chi connectivity index (χ4v) is 4.21. The van der Waals surface area contributed by atoms with Gasteiger partial charge >= 0.3 is 0 Å². The summed E-state index contributed by atoms with van der Waals surface area (Å²) in [6.07, 6.45) is 0. The minimum atomic E-state index is -0.145. The highest BCUT2D eigenvalue weighted by Gasteiger charge is 2.15. The Labute approximate surface area is 190 Å². The first kappa shape index (κ1) is 21.6. The van der Waals surface area contributed by atoms with E-state index in [1.54, 1.807) is 17.7 Å². The van der Waals surface area contributed by atoms with Crippen molar-refractivity contribution in [2.24, 2.45) is 0 Å². The molecule has 0 unspecified atom stereocenters. The van der Waals surface area contributed by atoms with Crippen LogP contribution >= 0.6 is 11.8 Å². The first-order valence-corrected chi connectivity index (χ1v) is 11.2.